The van der Waals surface area contributed by atoms with Gasteiger partial charge >= 0.3 is 18.3 Å². The lowest BCUT2D eigenvalue weighted by Crippen LogP contribution is -2.45. The molecule has 0 atom stereocenters. The number of aliphatic carboxylic acids is 1. The standard InChI is InChI=1S/C7H4F6O4/c8-6(9,10)5(7(11,12)13)17-4(16)2-1-3(14)15/h1-2,5H,(H,14,15)/p-1/b2-1-. The zero-order valence-corrected chi connectivity index (χ0v) is 7.63. The summed E-state index contributed by atoms with van der Waals surface area (Å²) in [5.74, 6) is -4.08. The summed E-state index contributed by atoms with van der Waals surface area (Å²) in [6.45, 7) is 0. The van der Waals surface area contributed by atoms with Crippen LogP contribution >= 0.6 is 0 Å². The fraction of sp³-hybridized carbons (Fsp3) is 0.429. The number of hydrogen-bond donors (Lipinski definition) is 0. The van der Waals surface area contributed by atoms with Crippen molar-refractivity contribution in [3.63, 3.8) is 0 Å². The smallest absolute Gasteiger partial charge is 0.434 e. The van der Waals surface area contributed by atoms with Crippen LogP contribution in [0, 0.1) is 0 Å². The highest BCUT2D eigenvalue weighted by atomic mass is 19.4. The van der Waals surface area contributed by atoms with Gasteiger partial charge in [0.1, 0.15) is 0 Å². The molecular formula is C7H3F6O4-. The molecule has 0 aromatic carbocycles. The third kappa shape index (κ3) is 5.78. The van der Waals surface area contributed by atoms with E-state index < -0.39 is 30.4 Å². The van der Waals surface area contributed by atoms with Crippen LogP contribution < -0.4 is 5.11 Å². The minimum atomic E-state index is -5.84. The Kier molecular flexibility index (Phi) is 4.54. The van der Waals surface area contributed by atoms with Gasteiger partial charge in [-0.05, 0) is 6.08 Å². The van der Waals surface area contributed by atoms with E-state index in [1.807, 2.05) is 0 Å². The Bertz CT molecular complexity index is 314. The van der Waals surface area contributed by atoms with Gasteiger partial charge in [-0.1, -0.05) is 0 Å². The minimum Gasteiger partial charge on any atom is -0.545 e. The van der Waals surface area contributed by atoms with Crippen molar-refractivity contribution in [1.82, 2.24) is 0 Å². The maximum atomic E-state index is 11.8. The lowest BCUT2D eigenvalue weighted by molar-refractivity contribution is -0.312. The van der Waals surface area contributed by atoms with Gasteiger partial charge in [0.15, 0.2) is 0 Å². The molecule has 0 bridgehead atoms. The molecule has 0 spiro atoms. The lowest BCUT2D eigenvalue weighted by Gasteiger charge is -2.22. The summed E-state index contributed by atoms with van der Waals surface area (Å²) in [7, 11) is 0. The highest BCUT2D eigenvalue weighted by molar-refractivity contribution is 5.90. The average Bonchev–Trinajstić information content (AvgIpc) is 2.07. The van der Waals surface area contributed by atoms with Gasteiger partial charge in [-0.15, -0.1) is 0 Å². The Morgan fingerprint density at radius 2 is 1.41 bits per heavy atom. The third-order valence-corrected chi connectivity index (χ3v) is 1.18. The third-order valence-electron chi connectivity index (χ3n) is 1.18. The van der Waals surface area contributed by atoms with Crippen LogP contribution in [0.25, 0.3) is 0 Å². The second-order valence-electron chi connectivity index (χ2n) is 2.55. The van der Waals surface area contributed by atoms with E-state index >= 15 is 0 Å². The van der Waals surface area contributed by atoms with Crippen molar-refractivity contribution in [3.8, 4) is 0 Å². The lowest BCUT2D eigenvalue weighted by atomic mass is 10.3. The van der Waals surface area contributed by atoms with Crippen LogP contribution in [0.1, 0.15) is 0 Å². The summed E-state index contributed by atoms with van der Waals surface area (Å²) in [6, 6.07) is 0. The largest absolute Gasteiger partial charge is 0.545 e. The first-order chi connectivity index (χ1) is 7.44. The first kappa shape index (κ1) is 15.3. The molecular weight excluding hydrogens is 262 g/mol. The summed E-state index contributed by atoms with van der Waals surface area (Å²) < 4.78 is 74.0. The molecule has 0 rings (SSSR count). The molecule has 0 heterocycles. The second kappa shape index (κ2) is 5.06. The number of carboxylic acid groups (broad SMARTS) is 1. The van der Waals surface area contributed by atoms with Crippen molar-refractivity contribution in [2.75, 3.05) is 0 Å². The summed E-state index contributed by atoms with van der Waals surface area (Å²) in [5.41, 5.74) is 0. The van der Waals surface area contributed by atoms with Crippen molar-refractivity contribution in [2.45, 2.75) is 18.5 Å². The van der Waals surface area contributed by atoms with Crippen molar-refractivity contribution < 1.29 is 45.8 Å². The number of rotatable bonds is 3. The molecule has 4 nitrogen and oxygen atoms in total. The Hall–Kier alpha value is -1.74. The monoisotopic (exact) mass is 265 g/mol. The van der Waals surface area contributed by atoms with Crippen LogP contribution in [-0.4, -0.2) is 30.4 Å². The maximum Gasteiger partial charge on any atom is 0.434 e. The van der Waals surface area contributed by atoms with Crippen LogP contribution in [0.2, 0.25) is 0 Å². The molecule has 0 amide bonds. The highest BCUT2D eigenvalue weighted by Crippen LogP contribution is 2.35. The molecule has 17 heavy (non-hydrogen) atoms. The van der Waals surface area contributed by atoms with Crippen molar-refractivity contribution >= 4 is 11.9 Å². The zero-order valence-electron chi connectivity index (χ0n) is 7.63. The predicted octanol–water partition coefficient (Wildman–Crippen LogP) is 0.329. The maximum absolute atomic E-state index is 11.8. The molecule has 10 heteroatoms. The first-order valence-electron chi connectivity index (χ1n) is 3.67. The molecule has 0 radical (unpaired) electrons. The van der Waals surface area contributed by atoms with E-state index in [2.05, 4.69) is 4.74 Å². The van der Waals surface area contributed by atoms with E-state index in [-0.39, 0.29) is 12.2 Å². The summed E-state index contributed by atoms with van der Waals surface area (Å²) in [5, 5.41) is 9.73. The van der Waals surface area contributed by atoms with Crippen LogP contribution in [0.3, 0.4) is 0 Å². The number of carbonyl (C=O) groups is 2. The number of esters is 1. The number of alkyl halides is 6. The van der Waals surface area contributed by atoms with Gasteiger partial charge in [-0.25, -0.2) is 4.79 Å². The van der Waals surface area contributed by atoms with Gasteiger partial charge in [0.25, 0.3) is 6.10 Å². The topological polar surface area (TPSA) is 66.4 Å². The van der Waals surface area contributed by atoms with E-state index in [0.29, 0.717) is 0 Å². The SMILES string of the molecule is O=C([O-])/C=C\C(=O)OC(C(F)(F)F)C(F)(F)F. The summed E-state index contributed by atoms with van der Waals surface area (Å²) in [4.78, 5) is 20.2. The van der Waals surface area contributed by atoms with Crippen LogP contribution in [0.5, 0.6) is 0 Å². The van der Waals surface area contributed by atoms with E-state index in [1.54, 1.807) is 0 Å². The zero-order chi connectivity index (χ0) is 13.9. The fourth-order valence-corrected chi connectivity index (χ4v) is 0.611. The Morgan fingerprint density at radius 3 is 1.71 bits per heavy atom. The molecule has 0 aromatic heterocycles. The molecule has 0 unspecified atom stereocenters. The van der Waals surface area contributed by atoms with Gasteiger partial charge in [-0.2, -0.15) is 26.3 Å². The number of ether oxygens (including phenoxy) is 1. The predicted molar refractivity (Wildman–Crippen MR) is 36.1 cm³/mol. The fourth-order valence-electron chi connectivity index (χ4n) is 0.611. The van der Waals surface area contributed by atoms with E-state index in [9.17, 15) is 41.0 Å². The van der Waals surface area contributed by atoms with Crippen LogP contribution in [-0.2, 0) is 14.3 Å². The summed E-state index contributed by atoms with van der Waals surface area (Å²) in [6.07, 6.45) is -16.2. The molecule has 0 aliphatic rings. The van der Waals surface area contributed by atoms with Crippen molar-refractivity contribution in [1.29, 1.82) is 0 Å². The Labute approximate surface area is 89.5 Å². The molecule has 0 aliphatic heterocycles. The van der Waals surface area contributed by atoms with E-state index in [4.69, 9.17) is 0 Å². The Morgan fingerprint density at radius 1 is 1.00 bits per heavy atom. The normalized spacial score (nSPS) is 13.1. The van der Waals surface area contributed by atoms with Crippen molar-refractivity contribution in [2.24, 2.45) is 0 Å². The molecule has 0 aromatic rings. The highest BCUT2D eigenvalue weighted by Gasteiger charge is 2.59. The second-order valence-corrected chi connectivity index (χ2v) is 2.55. The first-order valence-corrected chi connectivity index (χ1v) is 3.67. The molecule has 0 saturated heterocycles. The molecule has 0 saturated carbocycles. The van der Waals surface area contributed by atoms with Gasteiger partial charge in [0, 0.05) is 6.08 Å². The minimum absolute atomic E-state index is 0.0634. The molecule has 98 valence electrons. The van der Waals surface area contributed by atoms with Crippen LogP contribution in [0.4, 0.5) is 26.3 Å². The van der Waals surface area contributed by atoms with Gasteiger partial charge in [0.05, 0.1) is 5.97 Å². The number of carbonyl (C=O) groups excluding carboxylic acids is 2. The Balaban J connectivity index is 4.80. The summed E-state index contributed by atoms with van der Waals surface area (Å²) >= 11 is 0. The van der Waals surface area contributed by atoms with Crippen LogP contribution in [0.15, 0.2) is 12.2 Å². The molecule has 0 aliphatic carbocycles. The van der Waals surface area contributed by atoms with Gasteiger partial charge < -0.3 is 14.6 Å². The van der Waals surface area contributed by atoms with Crippen molar-refractivity contribution in [3.05, 3.63) is 12.2 Å². The number of hydrogen-bond acceptors (Lipinski definition) is 4. The average molecular weight is 265 g/mol. The quantitative estimate of drug-likeness (QED) is 0.419. The van der Waals surface area contributed by atoms with Gasteiger partial charge in [0.2, 0.25) is 0 Å². The molecule has 0 fully saturated rings. The van der Waals surface area contributed by atoms with E-state index in [0.717, 1.165) is 0 Å². The number of halogens is 6. The molecule has 0 N–H and O–H groups in total. The van der Waals surface area contributed by atoms with Gasteiger partial charge in [-0.3, -0.25) is 0 Å². The number of carboxylic acids is 1. The van der Waals surface area contributed by atoms with E-state index in [1.165, 1.54) is 0 Å².